The van der Waals surface area contributed by atoms with Gasteiger partial charge in [-0.2, -0.15) is 0 Å². The molecule has 24 heavy (non-hydrogen) atoms. The van der Waals surface area contributed by atoms with E-state index in [-0.39, 0.29) is 0 Å². The van der Waals surface area contributed by atoms with Gasteiger partial charge in [0.1, 0.15) is 6.04 Å². The molecule has 0 bridgehead atoms. The van der Waals surface area contributed by atoms with Crippen LogP contribution < -0.4 is 5.73 Å². The molecule has 6 heteroatoms. The lowest BCUT2D eigenvalue weighted by molar-refractivity contribution is -0.156. The SMILES string of the molecule is CC(=O)N([C@H](C(=O)O)C(C(=O)[C@H](C)N)c1ccccc1)C(C)(C)C. The summed E-state index contributed by atoms with van der Waals surface area (Å²) in [5, 5.41) is 9.83. The number of rotatable bonds is 6. The summed E-state index contributed by atoms with van der Waals surface area (Å²) in [5.41, 5.74) is 5.52. The molecule has 0 radical (unpaired) electrons. The minimum absolute atomic E-state index is 0.409. The number of benzene rings is 1. The third-order valence-electron chi connectivity index (χ3n) is 3.82. The predicted molar refractivity (Wildman–Crippen MR) is 91.5 cm³/mol. The fourth-order valence-electron chi connectivity index (χ4n) is 2.93. The highest BCUT2D eigenvalue weighted by Crippen LogP contribution is 2.30. The molecule has 3 atom stereocenters. The lowest BCUT2D eigenvalue weighted by Crippen LogP contribution is -2.58. The largest absolute Gasteiger partial charge is 0.480 e. The molecule has 1 unspecified atom stereocenters. The average molecular weight is 334 g/mol. The van der Waals surface area contributed by atoms with Crippen LogP contribution in [-0.2, 0) is 14.4 Å². The third-order valence-corrected chi connectivity index (χ3v) is 3.82. The normalized spacial score (nSPS) is 15.2. The quantitative estimate of drug-likeness (QED) is 0.826. The molecule has 0 aliphatic carbocycles. The van der Waals surface area contributed by atoms with Gasteiger partial charge < -0.3 is 15.7 Å². The molecule has 132 valence electrons. The van der Waals surface area contributed by atoms with Crippen LogP contribution in [0.2, 0.25) is 0 Å². The molecule has 0 fully saturated rings. The number of amides is 1. The molecule has 0 aromatic heterocycles. The minimum atomic E-state index is -1.33. The van der Waals surface area contributed by atoms with Crippen molar-refractivity contribution in [3.05, 3.63) is 35.9 Å². The lowest BCUT2D eigenvalue weighted by Gasteiger charge is -2.42. The van der Waals surface area contributed by atoms with Gasteiger partial charge in [-0.05, 0) is 33.3 Å². The number of Topliss-reactive ketones (excluding diaryl/α,β-unsaturated/α-hetero) is 1. The van der Waals surface area contributed by atoms with Gasteiger partial charge in [0.15, 0.2) is 5.78 Å². The van der Waals surface area contributed by atoms with Crippen LogP contribution in [0.3, 0.4) is 0 Å². The zero-order valence-corrected chi connectivity index (χ0v) is 14.8. The predicted octanol–water partition coefficient (Wildman–Crippen LogP) is 1.79. The maximum Gasteiger partial charge on any atom is 0.327 e. The Morgan fingerprint density at radius 1 is 1.12 bits per heavy atom. The average Bonchev–Trinajstić information content (AvgIpc) is 2.45. The van der Waals surface area contributed by atoms with Gasteiger partial charge in [0.25, 0.3) is 0 Å². The molecule has 6 nitrogen and oxygen atoms in total. The molecular weight excluding hydrogens is 308 g/mol. The Kier molecular flexibility index (Phi) is 6.26. The Morgan fingerprint density at radius 2 is 1.62 bits per heavy atom. The molecule has 0 saturated carbocycles. The van der Waals surface area contributed by atoms with E-state index in [4.69, 9.17) is 5.73 Å². The fourth-order valence-corrected chi connectivity index (χ4v) is 2.93. The molecule has 0 aliphatic heterocycles. The molecule has 3 N–H and O–H groups in total. The Hall–Kier alpha value is -2.21. The van der Waals surface area contributed by atoms with Crippen LogP contribution in [0.15, 0.2) is 30.3 Å². The molecule has 0 spiro atoms. The summed E-state index contributed by atoms with van der Waals surface area (Å²) in [5.74, 6) is -3.09. The Labute approximate surface area is 142 Å². The Bertz CT molecular complexity index is 605. The Morgan fingerprint density at radius 3 is 1.96 bits per heavy atom. The number of carboxylic acid groups (broad SMARTS) is 1. The zero-order valence-electron chi connectivity index (χ0n) is 14.8. The summed E-state index contributed by atoms with van der Waals surface area (Å²) < 4.78 is 0. The van der Waals surface area contributed by atoms with E-state index < -0.39 is 41.2 Å². The first kappa shape index (κ1) is 19.8. The van der Waals surface area contributed by atoms with Crippen molar-refractivity contribution in [2.24, 2.45) is 5.73 Å². The van der Waals surface area contributed by atoms with Crippen LogP contribution >= 0.6 is 0 Å². The van der Waals surface area contributed by atoms with Crippen molar-refractivity contribution in [2.75, 3.05) is 0 Å². The van der Waals surface area contributed by atoms with Crippen LogP contribution in [0.1, 0.15) is 46.1 Å². The van der Waals surface area contributed by atoms with Crippen LogP contribution in [0.5, 0.6) is 0 Å². The first-order chi connectivity index (χ1) is 11.0. The standard InChI is InChI=1S/C18H26N2O4/c1-11(19)16(22)14(13-9-7-6-8-10-13)15(17(23)24)20(12(2)21)18(3,4)5/h6-11,14-15H,19H2,1-5H3,(H,23,24)/t11-,14?,15-/m0/s1. The highest BCUT2D eigenvalue weighted by atomic mass is 16.4. The smallest absolute Gasteiger partial charge is 0.327 e. The maximum atomic E-state index is 12.7. The van der Waals surface area contributed by atoms with Crippen LogP contribution in [0.4, 0.5) is 0 Å². The van der Waals surface area contributed by atoms with E-state index in [2.05, 4.69) is 0 Å². The van der Waals surface area contributed by atoms with E-state index in [9.17, 15) is 19.5 Å². The molecular formula is C18H26N2O4. The number of nitrogens with two attached hydrogens (primary N) is 1. The number of nitrogens with zero attached hydrogens (tertiary/aromatic N) is 1. The van der Waals surface area contributed by atoms with Crippen LogP contribution in [0, 0.1) is 0 Å². The summed E-state index contributed by atoms with van der Waals surface area (Å²) in [6, 6.07) is 6.42. The van der Waals surface area contributed by atoms with Crippen LogP contribution in [0.25, 0.3) is 0 Å². The van der Waals surface area contributed by atoms with E-state index in [1.165, 1.54) is 18.7 Å². The van der Waals surface area contributed by atoms with Gasteiger partial charge in [-0.25, -0.2) is 4.79 Å². The molecule has 1 rings (SSSR count). The molecule has 1 amide bonds. The minimum Gasteiger partial charge on any atom is -0.480 e. The van der Waals surface area contributed by atoms with Crippen molar-refractivity contribution in [1.29, 1.82) is 0 Å². The van der Waals surface area contributed by atoms with Gasteiger partial charge in [-0.15, -0.1) is 0 Å². The second-order valence-corrected chi connectivity index (χ2v) is 6.92. The molecule has 0 heterocycles. The number of hydrogen-bond acceptors (Lipinski definition) is 4. The second kappa shape index (κ2) is 7.57. The van der Waals surface area contributed by atoms with Gasteiger partial charge in [0.05, 0.1) is 12.0 Å². The summed E-state index contributed by atoms with van der Waals surface area (Å²) in [4.78, 5) is 38.2. The van der Waals surface area contributed by atoms with Crippen molar-refractivity contribution in [1.82, 2.24) is 4.90 Å². The van der Waals surface area contributed by atoms with E-state index >= 15 is 0 Å². The van der Waals surface area contributed by atoms with E-state index in [0.29, 0.717) is 5.56 Å². The summed E-state index contributed by atoms with van der Waals surface area (Å²) >= 11 is 0. The van der Waals surface area contributed by atoms with Crippen molar-refractivity contribution in [3.63, 3.8) is 0 Å². The maximum absolute atomic E-state index is 12.7. The Balaban J connectivity index is 3.57. The first-order valence-corrected chi connectivity index (χ1v) is 7.85. The van der Waals surface area contributed by atoms with Gasteiger partial charge >= 0.3 is 5.97 Å². The van der Waals surface area contributed by atoms with E-state index in [1.54, 1.807) is 51.1 Å². The summed E-state index contributed by atoms with van der Waals surface area (Å²) in [7, 11) is 0. The summed E-state index contributed by atoms with van der Waals surface area (Å²) in [6.45, 7) is 8.04. The number of ketones is 1. The lowest BCUT2D eigenvalue weighted by atomic mass is 9.82. The third kappa shape index (κ3) is 4.41. The van der Waals surface area contributed by atoms with Crippen LogP contribution in [-0.4, -0.2) is 45.3 Å². The van der Waals surface area contributed by atoms with Crippen molar-refractivity contribution < 1.29 is 19.5 Å². The highest BCUT2D eigenvalue weighted by Gasteiger charge is 2.44. The zero-order chi connectivity index (χ0) is 18.7. The number of carboxylic acids is 1. The van der Waals surface area contributed by atoms with E-state index in [0.717, 1.165) is 0 Å². The molecule has 1 aromatic rings. The fraction of sp³-hybridized carbons (Fsp3) is 0.500. The van der Waals surface area contributed by atoms with Gasteiger partial charge in [0.2, 0.25) is 5.91 Å². The highest BCUT2D eigenvalue weighted by molar-refractivity contribution is 5.97. The van der Waals surface area contributed by atoms with Crippen molar-refractivity contribution >= 4 is 17.7 Å². The van der Waals surface area contributed by atoms with Crippen molar-refractivity contribution in [3.8, 4) is 0 Å². The van der Waals surface area contributed by atoms with Gasteiger partial charge in [-0.1, -0.05) is 30.3 Å². The number of aliphatic carboxylic acids is 1. The van der Waals surface area contributed by atoms with Gasteiger partial charge in [0, 0.05) is 12.5 Å². The molecule has 1 aromatic carbocycles. The first-order valence-electron chi connectivity index (χ1n) is 7.85. The monoisotopic (exact) mass is 334 g/mol. The van der Waals surface area contributed by atoms with Crippen molar-refractivity contribution in [2.45, 2.75) is 58.2 Å². The second-order valence-electron chi connectivity index (χ2n) is 6.92. The molecule has 0 saturated heterocycles. The summed E-state index contributed by atoms with van der Waals surface area (Å²) in [6.07, 6.45) is 0. The van der Waals surface area contributed by atoms with E-state index in [1.807, 2.05) is 0 Å². The number of carbonyl (C=O) groups is 3. The number of carbonyl (C=O) groups excluding carboxylic acids is 2. The molecule has 0 aliphatic rings. The number of hydrogen-bond donors (Lipinski definition) is 2. The topological polar surface area (TPSA) is 101 Å². The van der Waals surface area contributed by atoms with Gasteiger partial charge in [-0.3, -0.25) is 9.59 Å².